The topological polar surface area (TPSA) is 109 Å². The minimum Gasteiger partial charge on any atom is -0.311 e. The van der Waals surface area contributed by atoms with E-state index in [9.17, 15) is 13.0 Å². The van der Waals surface area contributed by atoms with Crippen LogP contribution in [-0.4, -0.2) is 25.6 Å². The van der Waals surface area contributed by atoms with Crippen molar-refractivity contribution in [2.24, 2.45) is 0 Å². The van der Waals surface area contributed by atoms with Gasteiger partial charge in [-0.15, -0.1) is 12.6 Å². The van der Waals surface area contributed by atoms with Crippen molar-refractivity contribution < 1.29 is 25.6 Å². The molecule has 9 heteroatoms. The van der Waals surface area contributed by atoms with Gasteiger partial charge in [0.2, 0.25) is 0 Å². The van der Waals surface area contributed by atoms with Gasteiger partial charge in [-0.05, 0) is 96.5 Å². The van der Waals surface area contributed by atoms with Gasteiger partial charge in [-0.3, -0.25) is 4.55 Å². The van der Waals surface area contributed by atoms with Gasteiger partial charge < -0.3 is 4.90 Å². The molecule has 1 atom stereocenters. The second kappa shape index (κ2) is 14.5. The summed E-state index contributed by atoms with van der Waals surface area (Å²) in [5.41, 5.74) is 9.85. The van der Waals surface area contributed by atoms with Crippen molar-refractivity contribution in [1.82, 2.24) is 0 Å². The molecule has 1 unspecified atom stereocenters. The molecule has 1 N–H and O–H groups in total. The lowest BCUT2D eigenvalue weighted by Crippen LogP contribution is -2.10. The van der Waals surface area contributed by atoms with E-state index in [4.69, 9.17) is 12.6 Å². The zero-order chi connectivity index (χ0) is 32.7. The maximum Gasteiger partial charge on any atom is 0.425 e. The fraction of sp³-hybridized carbons (Fsp3) is 0.167. The molecule has 0 spiro atoms. The van der Waals surface area contributed by atoms with Gasteiger partial charge in [0.25, 0.3) is 10.1 Å². The summed E-state index contributed by atoms with van der Waals surface area (Å²) in [6.45, 7) is 8.36. The highest BCUT2D eigenvalue weighted by Gasteiger charge is 2.17. The van der Waals surface area contributed by atoms with Crippen LogP contribution in [0.25, 0.3) is 22.3 Å². The van der Waals surface area contributed by atoms with Gasteiger partial charge in [0, 0.05) is 22.6 Å². The quantitative estimate of drug-likeness (QED) is 0.169. The summed E-state index contributed by atoms with van der Waals surface area (Å²) in [5, 5.41) is 0. The first-order valence-corrected chi connectivity index (χ1v) is 16.8. The van der Waals surface area contributed by atoms with Crippen molar-refractivity contribution in [2.45, 2.75) is 44.9 Å². The Hall–Kier alpha value is -4.57. The maximum absolute atomic E-state index is 12.0. The lowest BCUT2D eigenvalue weighted by molar-refractivity contribution is 0.483. The van der Waals surface area contributed by atoms with Gasteiger partial charge in [-0.2, -0.15) is 8.42 Å². The molecule has 0 aliphatic rings. The molecule has 0 aliphatic heterocycles. The summed E-state index contributed by atoms with van der Waals surface area (Å²) in [6.07, 6.45) is 1.11. The molecule has 7 nitrogen and oxygen atoms in total. The Morgan fingerprint density at radius 3 is 1.51 bits per heavy atom. The van der Waals surface area contributed by atoms with E-state index in [1.165, 1.54) is 17.2 Å². The summed E-state index contributed by atoms with van der Waals surface area (Å²) in [5.74, 6) is 0.521. The Bertz CT molecular complexity index is 1970. The number of benzene rings is 5. The lowest BCUT2D eigenvalue weighted by atomic mass is 9.98. The smallest absolute Gasteiger partial charge is 0.311 e. The van der Waals surface area contributed by atoms with Gasteiger partial charge in [0.05, 0.1) is 0 Å². The van der Waals surface area contributed by atoms with Gasteiger partial charge in [-0.1, -0.05) is 92.2 Å². The fourth-order valence-electron chi connectivity index (χ4n) is 5.06. The van der Waals surface area contributed by atoms with Crippen molar-refractivity contribution in [3.05, 3.63) is 132 Å². The van der Waals surface area contributed by atoms with Crippen molar-refractivity contribution in [2.75, 3.05) is 4.90 Å². The first-order chi connectivity index (χ1) is 21.4. The number of rotatable bonds is 8. The van der Waals surface area contributed by atoms with E-state index in [1.54, 1.807) is 13.0 Å². The number of hydrogen-bond donors (Lipinski definition) is 1. The first kappa shape index (κ1) is 33.3. The maximum atomic E-state index is 12.0. The molecule has 45 heavy (non-hydrogen) atoms. The minimum atomic E-state index is -4.34. The average Bonchev–Trinajstić information content (AvgIpc) is 3.02. The van der Waals surface area contributed by atoms with Crippen LogP contribution in [0.5, 0.6) is 0 Å². The molecule has 0 fully saturated rings. The van der Waals surface area contributed by atoms with E-state index in [0.717, 1.165) is 45.7 Å². The van der Waals surface area contributed by atoms with E-state index in [1.807, 2.05) is 30.3 Å². The summed E-state index contributed by atoms with van der Waals surface area (Å²) in [4.78, 5) is 2.18. The van der Waals surface area contributed by atoms with Crippen LogP contribution in [0.4, 0.5) is 17.1 Å². The van der Waals surface area contributed by atoms with Crippen LogP contribution in [0.2, 0.25) is 0 Å². The predicted octanol–water partition coefficient (Wildman–Crippen LogP) is 8.86. The monoisotopic (exact) mass is 641 g/mol. The number of nitrogens with zero attached hydrogens (tertiary/aromatic N) is 1. The highest BCUT2D eigenvalue weighted by atomic mass is 32.2. The van der Waals surface area contributed by atoms with Crippen LogP contribution < -0.4 is 4.90 Å². The largest absolute Gasteiger partial charge is 0.425 e. The van der Waals surface area contributed by atoms with E-state index in [0.29, 0.717) is 11.5 Å². The van der Waals surface area contributed by atoms with E-state index in [2.05, 4.69) is 98.5 Å². The van der Waals surface area contributed by atoms with Crippen LogP contribution >= 0.6 is 0 Å². The molecule has 0 saturated heterocycles. The van der Waals surface area contributed by atoms with Gasteiger partial charge in [-0.25, -0.2) is 0 Å². The van der Waals surface area contributed by atoms with E-state index in [-0.39, 0.29) is 4.90 Å². The normalized spacial score (nSPS) is 11.7. The third kappa shape index (κ3) is 8.54. The lowest BCUT2D eigenvalue weighted by Gasteiger charge is -2.26. The van der Waals surface area contributed by atoms with E-state index >= 15 is 0 Å². The molecule has 5 aromatic carbocycles. The highest BCUT2D eigenvalue weighted by Crippen LogP contribution is 2.37. The van der Waals surface area contributed by atoms with Crippen LogP contribution in [0, 0.1) is 13.8 Å². The van der Waals surface area contributed by atoms with Crippen molar-refractivity contribution in [3.8, 4) is 22.3 Å². The van der Waals surface area contributed by atoms with Crippen molar-refractivity contribution in [3.63, 3.8) is 0 Å². The zero-order valence-electron chi connectivity index (χ0n) is 25.5. The molecule has 0 bridgehead atoms. The standard InChI is InChI=1S/C36H35NO3S.O3S/c1-5-27(4)28-13-19-33(20-14-28)37(32-17-6-25(2)7-18-32)34-21-15-30(16-22-34)29-9-11-31(12-10-29)35-23-8-26(3)24-36(35)41(38,39)40;1-4(2)3/h6-24,27H,5H2,1-4H3,(H,38,39,40);. The molecule has 232 valence electrons. The molecule has 0 radical (unpaired) electrons. The summed E-state index contributed by atoms with van der Waals surface area (Å²) in [7, 11) is -7.45. The molecule has 0 aliphatic carbocycles. The second-order valence-corrected chi connectivity index (χ2v) is 12.7. The molecule has 0 aromatic heterocycles. The zero-order valence-corrected chi connectivity index (χ0v) is 27.1. The highest BCUT2D eigenvalue weighted by molar-refractivity contribution is 7.86. The molecule has 0 saturated carbocycles. The summed E-state index contributed by atoms with van der Waals surface area (Å²) < 4.78 is 59.1. The van der Waals surface area contributed by atoms with E-state index < -0.39 is 20.7 Å². The summed E-state index contributed by atoms with van der Waals surface area (Å²) >= 11 is 0. The number of anilines is 3. The molecular weight excluding hydrogens is 607 g/mol. The molecule has 0 amide bonds. The first-order valence-electron chi connectivity index (χ1n) is 14.4. The SMILES string of the molecule is CCC(C)c1ccc(N(c2ccc(C)cc2)c2ccc(-c3ccc(-c4ccc(C)cc4S(=O)(=O)O)cc3)cc2)cc1.O=S(=O)=O. The third-order valence-corrected chi connectivity index (χ3v) is 8.59. The summed E-state index contributed by atoms with van der Waals surface area (Å²) in [6, 6.07) is 38.7. The van der Waals surface area contributed by atoms with Crippen LogP contribution in [0.3, 0.4) is 0 Å². The molecule has 5 aromatic rings. The molecular formula is C36H35NO6S2. The number of aryl methyl sites for hydroxylation is 2. The average molecular weight is 642 g/mol. The Balaban J connectivity index is 0.00000109. The number of hydrogen-bond acceptors (Lipinski definition) is 6. The Kier molecular flexibility index (Phi) is 10.7. The molecule has 0 heterocycles. The van der Waals surface area contributed by atoms with Gasteiger partial charge in [0.15, 0.2) is 0 Å². The van der Waals surface area contributed by atoms with Crippen LogP contribution in [0.15, 0.2) is 120 Å². The van der Waals surface area contributed by atoms with Gasteiger partial charge >= 0.3 is 10.6 Å². The van der Waals surface area contributed by atoms with Crippen molar-refractivity contribution in [1.29, 1.82) is 0 Å². The molecule has 5 rings (SSSR count). The fourth-order valence-corrected chi connectivity index (χ4v) is 5.85. The Morgan fingerprint density at radius 2 is 1.04 bits per heavy atom. The third-order valence-electron chi connectivity index (χ3n) is 7.69. The Morgan fingerprint density at radius 1 is 0.644 bits per heavy atom. The minimum absolute atomic E-state index is 0.0806. The van der Waals surface area contributed by atoms with Crippen molar-refractivity contribution >= 4 is 37.8 Å². The van der Waals surface area contributed by atoms with Gasteiger partial charge in [0.1, 0.15) is 4.90 Å². The van der Waals surface area contributed by atoms with Crippen LogP contribution in [-0.2, 0) is 20.7 Å². The Labute approximate surface area is 266 Å². The second-order valence-electron chi connectivity index (χ2n) is 10.9. The predicted molar refractivity (Wildman–Crippen MR) is 180 cm³/mol. The van der Waals surface area contributed by atoms with Crippen LogP contribution in [0.1, 0.15) is 42.9 Å².